The normalized spacial score (nSPS) is 8.87. The molecule has 0 aliphatic carbocycles. The van der Waals surface area contributed by atoms with Crippen LogP contribution in [0.1, 0.15) is 32.1 Å². The molecule has 0 aromatic heterocycles. The lowest BCUT2D eigenvalue weighted by atomic mass is 10.1. The number of hydrogen-bond acceptors (Lipinski definition) is 3. The van der Waals surface area contributed by atoms with Crippen molar-refractivity contribution in [3.05, 3.63) is 0 Å². The van der Waals surface area contributed by atoms with Gasteiger partial charge in [-0.1, -0.05) is 12.8 Å². The van der Waals surface area contributed by atoms with Gasteiger partial charge in [0.2, 0.25) is 0 Å². The summed E-state index contributed by atoms with van der Waals surface area (Å²) in [5.41, 5.74) is 10.3. The smallest absolute Gasteiger partial charge is 0.305 e. The summed E-state index contributed by atoms with van der Waals surface area (Å²) in [6.45, 7) is 0.667. The predicted molar refractivity (Wildman–Crippen MR) is 71.2 cm³/mol. The quantitative estimate of drug-likeness (QED) is 0.240. The zero-order valence-corrected chi connectivity index (χ0v) is 11.4. The molecule has 0 bridgehead atoms. The Balaban J connectivity index is 0. The van der Waals surface area contributed by atoms with Crippen LogP contribution in [0.2, 0.25) is 0 Å². The Labute approximate surface area is 108 Å². The Kier molecular flexibility index (Phi) is 13.0. The second kappa shape index (κ2) is 11.5. The fourth-order valence-electron chi connectivity index (χ4n) is 1.04. The van der Waals surface area contributed by atoms with Gasteiger partial charge in [-0.2, -0.15) is 0 Å². The number of rotatable bonds is 7. The molecular weight excluding hydrogens is 309 g/mol. The molecule has 15 heavy (non-hydrogen) atoms. The molecule has 0 saturated carbocycles. The van der Waals surface area contributed by atoms with E-state index in [2.05, 4.69) is 9.73 Å². The first-order chi connectivity index (χ1) is 6.66. The fourth-order valence-corrected chi connectivity index (χ4v) is 1.04. The maximum atomic E-state index is 10.7. The number of hydrogen-bond donors (Lipinski definition) is 2. The number of esters is 1. The molecule has 0 aromatic rings. The molecule has 0 aliphatic heterocycles. The number of halogens is 1. The van der Waals surface area contributed by atoms with Crippen LogP contribution in [-0.2, 0) is 9.53 Å². The van der Waals surface area contributed by atoms with E-state index in [1.54, 1.807) is 0 Å². The van der Waals surface area contributed by atoms with Crippen LogP contribution in [0.4, 0.5) is 0 Å². The molecule has 0 spiro atoms. The maximum Gasteiger partial charge on any atom is 0.305 e. The maximum absolute atomic E-state index is 10.7. The van der Waals surface area contributed by atoms with Crippen molar-refractivity contribution in [2.45, 2.75) is 32.1 Å². The Morgan fingerprint density at radius 1 is 1.20 bits per heavy atom. The lowest BCUT2D eigenvalue weighted by Crippen LogP contribution is -2.22. The van der Waals surface area contributed by atoms with Crippen LogP contribution in [0.3, 0.4) is 0 Å². The molecule has 0 aliphatic rings. The van der Waals surface area contributed by atoms with Crippen molar-refractivity contribution in [2.24, 2.45) is 16.5 Å². The van der Waals surface area contributed by atoms with E-state index in [4.69, 9.17) is 11.5 Å². The van der Waals surface area contributed by atoms with Crippen molar-refractivity contribution >= 4 is 35.9 Å². The summed E-state index contributed by atoms with van der Waals surface area (Å²) in [7, 11) is 1.40. The average molecular weight is 329 g/mol. The number of unbranched alkanes of at least 4 members (excludes halogenated alkanes) is 3. The highest BCUT2D eigenvalue weighted by molar-refractivity contribution is 14.0. The van der Waals surface area contributed by atoms with Gasteiger partial charge in [-0.05, 0) is 12.8 Å². The van der Waals surface area contributed by atoms with Crippen LogP contribution in [0, 0.1) is 0 Å². The number of carbonyl (C=O) groups is 1. The van der Waals surface area contributed by atoms with E-state index in [1.165, 1.54) is 7.11 Å². The second-order valence-electron chi connectivity index (χ2n) is 3.05. The highest BCUT2D eigenvalue weighted by Crippen LogP contribution is 2.03. The molecule has 0 rings (SSSR count). The van der Waals surface area contributed by atoms with Crippen molar-refractivity contribution < 1.29 is 9.53 Å². The van der Waals surface area contributed by atoms with E-state index in [-0.39, 0.29) is 35.9 Å². The van der Waals surface area contributed by atoms with Gasteiger partial charge in [-0.25, -0.2) is 0 Å². The Morgan fingerprint density at radius 2 is 1.80 bits per heavy atom. The Morgan fingerprint density at radius 3 is 2.33 bits per heavy atom. The van der Waals surface area contributed by atoms with Crippen LogP contribution >= 0.6 is 24.0 Å². The van der Waals surface area contributed by atoms with Crippen molar-refractivity contribution in [3.8, 4) is 0 Å². The molecular formula is C9H20IN3O2. The van der Waals surface area contributed by atoms with Crippen LogP contribution < -0.4 is 11.5 Å². The van der Waals surface area contributed by atoms with E-state index >= 15 is 0 Å². The van der Waals surface area contributed by atoms with Crippen LogP contribution in [0.15, 0.2) is 4.99 Å². The van der Waals surface area contributed by atoms with Crippen molar-refractivity contribution in [1.82, 2.24) is 0 Å². The summed E-state index contributed by atoms with van der Waals surface area (Å²) < 4.78 is 4.52. The van der Waals surface area contributed by atoms with Gasteiger partial charge in [0.25, 0.3) is 0 Å². The molecule has 90 valence electrons. The summed E-state index contributed by atoms with van der Waals surface area (Å²) in [6, 6.07) is 0. The lowest BCUT2D eigenvalue weighted by molar-refractivity contribution is -0.140. The zero-order chi connectivity index (χ0) is 10.8. The third-order valence-corrected chi connectivity index (χ3v) is 1.81. The molecule has 4 N–H and O–H groups in total. The summed E-state index contributed by atoms with van der Waals surface area (Å²) in [5.74, 6) is -0.00576. The first-order valence-corrected chi connectivity index (χ1v) is 4.79. The molecule has 6 heteroatoms. The molecule has 0 aromatic carbocycles. The van der Waals surface area contributed by atoms with Crippen molar-refractivity contribution in [2.75, 3.05) is 13.7 Å². The van der Waals surface area contributed by atoms with Gasteiger partial charge in [-0.15, -0.1) is 24.0 Å². The first kappa shape index (κ1) is 16.9. The summed E-state index contributed by atoms with van der Waals surface area (Å²) in [6.07, 6.45) is 4.37. The number of ether oxygens (including phenoxy) is 1. The summed E-state index contributed by atoms with van der Waals surface area (Å²) in [4.78, 5) is 14.6. The van der Waals surface area contributed by atoms with Gasteiger partial charge < -0.3 is 16.2 Å². The van der Waals surface area contributed by atoms with Gasteiger partial charge >= 0.3 is 5.97 Å². The monoisotopic (exact) mass is 329 g/mol. The van der Waals surface area contributed by atoms with Gasteiger partial charge in [0.05, 0.1) is 7.11 Å². The zero-order valence-electron chi connectivity index (χ0n) is 9.07. The number of aliphatic imine (C=N–C) groups is 1. The largest absolute Gasteiger partial charge is 0.469 e. The third-order valence-electron chi connectivity index (χ3n) is 1.81. The topological polar surface area (TPSA) is 90.7 Å². The molecule has 0 fully saturated rings. The average Bonchev–Trinajstić information content (AvgIpc) is 2.15. The van der Waals surface area contributed by atoms with Crippen LogP contribution in [0.25, 0.3) is 0 Å². The third kappa shape index (κ3) is 13.5. The van der Waals surface area contributed by atoms with E-state index in [0.717, 1.165) is 25.7 Å². The minimum Gasteiger partial charge on any atom is -0.469 e. The number of nitrogens with zero attached hydrogens (tertiary/aromatic N) is 1. The van der Waals surface area contributed by atoms with Crippen molar-refractivity contribution in [1.29, 1.82) is 0 Å². The molecule has 5 nitrogen and oxygen atoms in total. The number of nitrogens with two attached hydrogens (primary N) is 2. The SMILES string of the molecule is COC(=O)CCCCCCN=C(N)N.I. The van der Waals surface area contributed by atoms with Gasteiger partial charge in [0.1, 0.15) is 0 Å². The van der Waals surface area contributed by atoms with E-state index in [0.29, 0.717) is 13.0 Å². The predicted octanol–water partition coefficient (Wildman–Crippen LogP) is 1.00. The second-order valence-corrected chi connectivity index (χ2v) is 3.05. The van der Waals surface area contributed by atoms with E-state index in [1.807, 2.05) is 0 Å². The van der Waals surface area contributed by atoms with Crippen LogP contribution in [-0.4, -0.2) is 25.6 Å². The van der Waals surface area contributed by atoms with Crippen LogP contribution in [0.5, 0.6) is 0 Å². The standard InChI is InChI=1S/C9H19N3O2.HI/c1-14-8(13)6-4-2-3-5-7-12-9(10)11;/h2-7H2,1H3,(H4,10,11,12);1H. The minimum absolute atomic E-state index is 0. The summed E-state index contributed by atoms with van der Waals surface area (Å²) in [5, 5.41) is 0. The molecule has 0 radical (unpaired) electrons. The number of carbonyl (C=O) groups excluding carboxylic acids is 1. The molecule has 0 atom stereocenters. The fraction of sp³-hybridized carbons (Fsp3) is 0.778. The van der Waals surface area contributed by atoms with E-state index in [9.17, 15) is 4.79 Å². The first-order valence-electron chi connectivity index (χ1n) is 4.79. The van der Waals surface area contributed by atoms with Gasteiger partial charge in [-0.3, -0.25) is 9.79 Å². The number of guanidine groups is 1. The van der Waals surface area contributed by atoms with Gasteiger partial charge in [0, 0.05) is 13.0 Å². The minimum atomic E-state index is -0.144. The summed E-state index contributed by atoms with van der Waals surface area (Å²) >= 11 is 0. The Bertz CT molecular complexity index is 194. The van der Waals surface area contributed by atoms with E-state index < -0.39 is 0 Å². The molecule has 0 amide bonds. The number of methoxy groups -OCH3 is 1. The molecule has 0 unspecified atom stereocenters. The lowest BCUT2D eigenvalue weighted by Gasteiger charge is -1.99. The van der Waals surface area contributed by atoms with Crippen molar-refractivity contribution in [3.63, 3.8) is 0 Å². The molecule has 0 saturated heterocycles. The Hall–Kier alpha value is -0.530. The molecule has 0 heterocycles. The highest BCUT2D eigenvalue weighted by Gasteiger charge is 1.98. The van der Waals surface area contributed by atoms with Gasteiger partial charge in [0.15, 0.2) is 5.96 Å². The highest BCUT2D eigenvalue weighted by atomic mass is 127.